The Morgan fingerprint density at radius 3 is 2.20 bits per heavy atom. The molecular weight excluding hydrogens is 612 g/mol. The van der Waals surface area contributed by atoms with E-state index in [-0.39, 0.29) is 22.9 Å². The molecule has 45 heavy (non-hydrogen) atoms. The molecule has 4 rings (SSSR count). The fraction of sp³-hybridized carbons (Fsp3) is 0.276. The minimum Gasteiger partial charge on any atom is -0.497 e. The Balaban J connectivity index is 1.97. The van der Waals surface area contributed by atoms with Gasteiger partial charge < -0.3 is 25.2 Å². The van der Waals surface area contributed by atoms with Gasteiger partial charge in [0.15, 0.2) is 5.82 Å². The first-order chi connectivity index (χ1) is 21.2. The molecule has 0 aliphatic heterocycles. The Morgan fingerprint density at radius 2 is 1.67 bits per heavy atom. The molecule has 0 saturated heterocycles. The van der Waals surface area contributed by atoms with Crippen molar-refractivity contribution in [2.75, 3.05) is 24.4 Å². The van der Waals surface area contributed by atoms with Crippen LogP contribution in [0.25, 0.3) is 17.1 Å². The molecule has 240 valence electrons. The zero-order chi connectivity index (χ0) is 33.2. The number of hydrogen-bond acceptors (Lipinski definition) is 7. The summed E-state index contributed by atoms with van der Waals surface area (Å²) in [7, 11) is 2.21. The number of pyridine rings is 1. The van der Waals surface area contributed by atoms with Crippen molar-refractivity contribution in [2.45, 2.75) is 32.4 Å². The van der Waals surface area contributed by atoms with Gasteiger partial charge in [-0.1, -0.05) is 0 Å². The zero-order valence-electron chi connectivity index (χ0n) is 24.2. The number of alkyl halides is 4. The number of aliphatic hydroxyl groups excluding tert-OH is 1. The molecule has 2 aromatic carbocycles. The lowest BCUT2D eigenvalue weighted by Crippen LogP contribution is -2.27. The minimum atomic E-state index is -5.05. The van der Waals surface area contributed by atoms with E-state index < -0.39 is 76.6 Å². The van der Waals surface area contributed by atoms with Crippen molar-refractivity contribution in [1.29, 1.82) is 0 Å². The SMILES string of the molecule is COc1cc(F)c(-c2c(NC(=O)c3ccc(OC(C)F)cc3)c(=O)n(-c3nc(N[C@H](C)CO)ccc3C(F)(F)F)n2C)c(F)c1. The maximum atomic E-state index is 15.4. The van der Waals surface area contributed by atoms with Gasteiger partial charge in [0.1, 0.15) is 45.9 Å². The summed E-state index contributed by atoms with van der Waals surface area (Å²) >= 11 is 0. The van der Waals surface area contributed by atoms with E-state index in [0.717, 1.165) is 44.0 Å². The summed E-state index contributed by atoms with van der Waals surface area (Å²) in [6.45, 7) is 2.25. The first kappa shape index (κ1) is 32.9. The summed E-state index contributed by atoms with van der Waals surface area (Å²) in [5.41, 5.74) is -5.07. The van der Waals surface area contributed by atoms with Crippen LogP contribution >= 0.6 is 0 Å². The molecule has 0 bridgehead atoms. The van der Waals surface area contributed by atoms with Crippen molar-refractivity contribution in [3.8, 4) is 28.6 Å². The summed E-state index contributed by atoms with van der Waals surface area (Å²) in [6, 6.07) is 7.48. The molecule has 16 heteroatoms. The Morgan fingerprint density at radius 1 is 1.04 bits per heavy atom. The van der Waals surface area contributed by atoms with E-state index in [0.29, 0.717) is 10.7 Å². The first-order valence-corrected chi connectivity index (χ1v) is 13.2. The highest BCUT2D eigenvalue weighted by atomic mass is 19.4. The van der Waals surface area contributed by atoms with Gasteiger partial charge in [0.25, 0.3) is 11.5 Å². The number of carbonyl (C=O) groups is 1. The largest absolute Gasteiger partial charge is 0.497 e. The smallest absolute Gasteiger partial charge is 0.420 e. The molecule has 0 aliphatic rings. The summed E-state index contributed by atoms with van der Waals surface area (Å²) in [5.74, 6) is -4.81. The van der Waals surface area contributed by atoms with Crippen molar-refractivity contribution < 1.29 is 45.7 Å². The number of anilines is 2. The molecule has 0 radical (unpaired) electrons. The number of hydrogen-bond donors (Lipinski definition) is 3. The van der Waals surface area contributed by atoms with Crippen LogP contribution in [0.2, 0.25) is 0 Å². The van der Waals surface area contributed by atoms with Crippen molar-refractivity contribution >= 4 is 17.4 Å². The quantitative estimate of drug-likeness (QED) is 0.202. The number of nitrogens with one attached hydrogen (secondary N) is 2. The van der Waals surface area contributed by atoms with Crippen LogP contribution in [0.1, 0.15) is 29.8 Å². The van der Waals surface area contributed by atoms with Crippen LogP contribution in [0.15, 0.2) is 53.3 Å². The summed E-state index contributed by atoms with van der Waals surface area (Å²) in [5, 5.41) is 14.3. The third kappa shape index (κ3) is 6.90. The lowest BCUT2D eigenvalue weighted by Gasteiger charge is -2.18. The predicted molar refractivity (Wildman–Crippen MR) is 151 cm³/mol. The van der Waals surface area contributed by atoms with Crippen LogP contribution < -0.4 is 25.7 Å². The molecule has 0 spiro atoms. The highest BCUT2D eigenvalue weighted by Gasteiger charge is 2.38. The van der Waals surface area contributed by atoms with Crippen LogP contribution in [0.5, 0.6) is 11.5 Å². The predicted octanol–water partition coefficient (Wildman–Crippen LogP) is 5.28. The number of benzene rings is 2. The monoisotopic (exact) mass is 639 g/mol. The maximum Gasteiger partial charge on any atom is 0.420 e. The molecule has 1 amide bonds. The van der Waals surface area contributed by atoms with Gasteiger partial charge in [-0.05, 0) is 43.3 Å². The van der Waals surface area contributed by atoms with Gasteiger partial charge in [-0.3, -0.25) is 14.3 Å². The third-order valence-electron chi connectivity index (χ3n) is 6.46. The van der Waals surface area contributed by atoms with E-state index in [4.69, 9.17) is 9.47 Å². The lowest BCUT2D eigenvalue weighted by molar-refractivity contribution is -0.137. The van der Waals surface area contributed by atoms with Gasteiger partial charge in [-0.25, -0.2) is 18.2 Å². The number of amides is 1. The Hall–Kier alpha value is -4.99. The van der Waals surface area contributed by atoms with E-state index >= 15 is 8.78 Å². The number of aliphatic hydroxyl groups is 1. The second-order valence-electron chi connectivity index (χ2n) is 9.76. The van der Waals surface area contributed by atoms with E-state index in [1.54, 1.807) is 0 Å². The van der Waals surface area contributed by atoms with E-state index in [1.807, 2.05) is 0 Å². The van der Waals surface area contributed by atoms with Crippen LogP contribution in [-0.2, 0) is 13.2 Å². The zero-order valence-corrected chi connectivity index (χ0v) is 24.2. The van der Waals surface area contributed by atoms with Gasteiger partial charge in [0, 0.05) is 37.7 Å². The normalized spacial score (nSPS) is 12.9. The van der Waals surface area contributed by atoms with Gasteiger partial charge in [-0.15, -0.1) is 0 Å². The second kappa shape index (κ2) is 12.9. The molecular formula is C29H27F6N5O5. The Kier molecular flexibility index (Phi) is 9.46. The average molecular weight is 640 g/mol. The number of carbonyl (C=O) groups excluding carboxylic acids is 1. The summed E-state index contributed by atoms with van der Waals surface area (Å²) in [6.07, 6.45) is -6.70. The fourth-order valence-electron chi connectivity index (χ4n) is 4.40. The van der Waals surface area contributed by atoms with Gasteiger partial charge in [0.05, 0.1) is 19.3 Å². The minimum absolute atomic E-state index is 0.0708. The number of methoxy groups -OCH3 is 1. The summed E-state index contributed by atoms with van der Waals surface area (Å²) in [4.78, 5) is 31.0. The van der Waals surface area contributed by atoms with Gasteiger partial charge in [-0.2, -0.15) is 17.9 Å². The number of aromatic nitrogens is 3. The standard InChI is InChI=1S/C29H27F6N5O5/c1-14(13-41)36-22-10-9-19(29(33,34)35)26(37-22)40-28(43)24(38-27(42)16-5-7-17(8-6-16)45-15(2)30)25(39(40)3)23-20(31)11-18(44-4)12-21(23)32/h5-12,14-15,41H,13H2,1-4H3,(H,36,37)(H,38,42)/t14-,15?/m1/s1. The van der Waals surface area contributed by atoms with Crippen LogP contribution in [0.3, 0.4) is 0 Å². The van der Waals surface area contributed by atoms with E-state index in [1.165, 1.54) is 31.2 Å². The topological polar surface area (TPSA) is 120 Å². The van der Waals surface area contributed by atoms with E-state index in [9.17, 15) is 32.3 Å². The molecule has 0 saturated carbocycles. The van der Waals surface area contributed by atoms with Crippen molar-refractivity contribution in [1.82, 2.24) is 14.3 Å². The van der Waals surface area contributed by atoms with Crippen molar-refractivity contribution in [3.05, 3.63) is 81.6 Å². The molecule has 1 unspecified atom stereocenters. The lowest BCUT2D eigenvalue weighted by atomic mass is 10.1. The van der Waals surface area contributed by atoms with Crippen LogP contribution in [0, 0.1) is 11.6 Å². The summed E-state index contributed by atoms with van der Waals surface area (Å²) < 4.78 is 97.4. The molecule has 2 aromatic heterocycles. The number of rotatable bonds is 10. The van der Waals surface area contributed by atoms with Gasteiger partial charge >= 0.3 is 6.18 Å². The molecule has 4 aromatic rings. The van der Waals surface area contributed by atoms with E-state index in [2.05, 4.69) is 15.6 Å². The highest BCUT2D eigenvalue weighted by Crippen LogP contribution is 2.37. The first-order valence-electron chi connectivity index (χ1n) is 13.2. The molecule has 2 heterocycles. The molecule has 0 aliphatic carbocycles. The Labute approximate surface area is 251 Å². The average Bonchev–Trinajstić information content (AvgIpc) is 3.20. The third-order valence-corrected chi connectivity index (χ3v) is 6.46. The molecule has 3 N–H and O–H groups in total. The number of nitrogens with zero attached hydrogens (tertiary/aromatic N) is 3. The molecule has 2 atom stereocenters. The fourth-order valence-corrected chi connectivity index (χ4v) is 4.40. The highest BCUT2D eigenvalue weighted by molar-refractivity contribution is 6.06. The molecule has 10 nitrogen and oxygen atoms in total. The second-order valence-corrected chi connectivity index (χ2v) is 9.76. The van der Waals surface area contributed by atoms with Crippen LogP contribution in [-0.4, -0.2) is 51.5 Å². The van der Waals surface area contributed by atoms with Crippen molar-refractivity contribution in [3.63, 3.8) is 0 Å². The molecule has 0 fully saturated rings. The van der Waals surface area contributed by atoms with Gasteiger partial charge in [0.2, 0.25) is 6.36 Å². The number of halogens is 6. The maximum absolute atomic E-state index is 15.4. The van der Waals surface area contributed by atoms with Crippen LogP contribution in [0.4, 0.5) is 37.8 Å². The Bertz CT molecular complexity index is 1750. The number of ether oxygens (including phenoxy) is 2. The van der Waals surface area contributed by atoms with Crippen molar-refractivity contribution in [2.24, 2.45) is 7.05 Å².